The Morgan fingerprint density at radius 1 is 1.30 bits per heavy atom. The van der Waals surface area contributed by atoms with Crippen LogP contribution in [0.2, 0.25) is 0 Å². The molecular formula is C16H18BrNOS. The average Bonchev–Trinajstić information content (AvgIpc) is 2.96. The van der Waals surface area contributed by atoms with Gasteiger partial charge in [-0.1, -0.05) is 19.9 Å². The van der Waals surface area contributed by atoms with Crippen LogP contribution in [0.5, 0.6) is 5.75 Å². The molecule has 0 spiro atoms. The van der Waals surface area contributed by atoms with E-state index in [9.17, 15) is 0 Å². The van der Waals surface area contributed by atoms with Crippen LogP contribution in [-0.2, 0) is 5.41 Å². The van der Waals surface area contributed by atoms with Gasteiger partial charge in [0.15, 0.2) is 0 Å². The Balaban J connectivity index is 2.02. The average molecular weight is 352 g/mol. The summed E-state index contributed by atoms with van der Waals surface area (Å²) >= 11 is 5.31. The Labute approximate surface area is 132 Å². The first-order chi connectivity index (χ1) is 9.51. The van der Waals surface area contributed by atoms with E-state index >= 15 is 0 Å². The third kappa shape index (κ3) is 2.41. The topological polar surface area (TPSA) is 21.3 Å². The van der Waals surface area contributed by atoms with E-state index in [4.69, 9.17) is 4.74 Å². The summed E-state index contributed by atoms with van der Waals surface area (Å²) in [6, 6.07) is 11.1. The van der Waals surface area contributed by atoms with Crippen LogP contribution < -0.4 is 10.1 Å². The van der Waals surface area contributed by atoms with E-state index in [-0.39, 0.29) is 11.5 Å². The molecule has 20 heavy (non-hydrogen) atoms. The molecule has 3 rings (SSSR count). The van der Waals surface area contributed by atoms with Gasteiger partial charge in [-0.15, -0.1) is 11.3 Å². The van der Waals surface area contributed by atoms with E-state index in [0.717, 1.165) is 16.1 Å². The van der Waals surface area contributed by atoms with Crippen LogP contribution in [-0.4, -0.2) is 13.7 Å². The van der Waals surface area contributed by atoms with Gasteiger partial charge in [-0.25, -0.2) is 0 Å². The van der Waals surface area contributed by atoms with Crippen LogP contribution in [0.1, 0.15) is 35.9 Å². The van der Waals surface area contributed by atoms with Crippen molar-refractivity contribution in [3.8, 4) is 5.75 Å². The molecule has 1 aromatic carbocycles. The maximum Gasteiger partial charge on any atom is 0.123 e. The standard InChI is InChI=1S/C16H18BrNOS/c1-16(2)9-19-12-5-4-10(8-11(12)16)15(18-3)13-6-7-14(17)20-13/h4-8,15,18H,9H2,1-3H3. The second-order valence-corrected chi connectivity index (χ2v) is 8.29. The van der Waals surface area contributed by atoms with Gasteiger partial charge in [0.2, 0.25) is 0 Å². The van der Waals surface area contributed by atoms with Crippen LogP contribution in [0.15, 0.2) is 34.1 Å². The van der Waals surface area contributed by atoms with Crippen molar-refractivity contribution < 1.29 is 4.74 Å². The van der Waals surface area contributed by atoms with Crippen LogP contribution in [0, 0.1) is 0 Å². The fourth-order valence-corrected chi connectivity index (χ4v) is 4.24. The molecule has 106 valence electrons. The zero-order chi connectivity index (χ0) is 14.3. The number of thiophene rings is 1. The first-order valence-corrected chi connectivity index (χ1v) is 8.32. The summed E-state index contributed by atoms with van der Waals surface area (Å²) in [6.45, 7) is 5.23. The smallest absolute Gasteiger partial charge is 0.123 e. The third-order valence-corrected chi connectivity index (χ3v) is 5.51. The molecule has 2 heterocycles. The molecule has 0 aliphatic carbocycles. The maximum absolute atomic E-state index is 5.77. The van der Waals surface area contributed by atoms with Crippen molar-refractivity contribution >= 4 is 27.3 Å². The SMILES string of the molecule is CNC(c1ccc2c(c1)C(C)(C)CO2)c1ccc(Br)s1. The molecule has 0 saturated heterocycles. The molecule has 0 saturated carbocycles. The minimum absolute atomic E-state index is 0.0969. The summed E-state index contributed by atoms with van der Waals surface area (Å²) in [7, 11) is 2.01. The molecule has 1 aliphatic rings. The molecule has 2 nitrogen and oxygen atoms in total. The summed E-state index contributed by atoms with van der Waals surface area (Å²) < 4.78 is 6.93. The number of hydrogen-bond acceptors (Lipinski definition) is 3. The highest BCUT2D eigenvalue weighted by Gasteiger charge is 2.32. The Hall–Kier alpha value is -0.840. The lowest BCUT2D eigenvalue weighted by atomic mass is 9.85. The number of fused-ring (bicyclic) bond motifs is 1. The van der Waals surface area contributed by atoms with Gasteiger partial charge in [0.05, 0.1) is 16.4 Å². The minimum atomic E-state index is 0.0969. The molecule has 4 heteroatoms. The second-order valence-electron chi connectivity index (χ2n) is 5.79. The second kappa shape index (κ2) is 5.17. The first kappa shape index (κ1) is 14.1. The van der Waals surface area contributed by atoms with Gasteiger partial charge >= 0.3 is 0 Å². The highest BCUT2D eigenvalue weighted by molar-refractivity contribution is 9.11. The van der Waals surface area contributed by atoms with Gasteiger partial charge in [0, 0.05) is 15.9 Å². The number of hydrogen-bond donors (Lipinski definition) is 1. The van der Waals surface area contributed by atoms with E-state index in [1.54, 1.807) is 11.3 Å². The number of ether oxygens (including phenoxy) is 1. The fraction of sp³-hybridized carbons (Fsp3) is 0.375. The molecule has 0 bridgehead atoms. The van der Waals surface area contributed by atoms with Gasteiger partial charge in [-0.2, -0.15) is 0 Å². The zero-order valence-electron chi connectivity index (χ0n) is 11.9. The van der Waals surface area contributed by atoms with Crippen molar-refractivity contribution in [1.82, 2.24) is 5.32 Å². The molecule has 1 N–H and O–H groups in total. The molecule has 1 aromatic heterocycles. The fourth-order valence-electron chi connectivity index (χ4n) is 2.67. The molecular weight excluding hydrogens is 334 g/mol. The van der Waals surface area contributed by atoms with Gasteiger partial charge in [0.1, 0.15) is 5.75 Å². The summed E-state index contributed by atoms with van der Waals surface area (Å²) in [5.41, 5.74) is 2.70. The molecule has 1 aliphatic heterocycles. The molecule has 0 amide bonds. The van der Waals surface area contributed by atoms with Crippen LogP contribution >= 0.6 is 27.3 Å². The highest BCUT2D eigenvalue weighted by Crippen LogP contribution is 2.41. The van der Waals surface area contributed by atoms with Crippen LogP contribution in [0.25, 0.3) is 0 Å². The van der Waals surface area contributed by atoms with E-state index in [1.165, 1.54) is 16.0 Å². The maximum atomic E-state index is 5.77. The van der Waals surface area contributed by atoms with Crippen LogP contribution in [0.3, 0.4) is 0 Å². The van der Waals surface area contributed by atoms with Crippen molar-refractivity contribution in [3.63, 3.8) is 0 Å². The van der Waals surface area contributed by atoms with Gasteiger partial charge in [0.25, 0.3) is 0 Å². The number of nitrogens with one attached hydrogen (secondary N) is 1. The normalized spacial score (nSPS) is 17.6. The third-order valence-electron chi connectivity index (χ3n) is 3.82. The minimum Gasteiger partial charge on any atom is -0.492 e. The number of benzene rings is 1. The Morgan fingerprint density at radius 2 is 2.10 bits per heavy atom. The van der Waals surface area contributed by atoms with Crippen molar-refractivity contribution in [2.24, 2.45) is 0 Å². The van der Waals surface area contributed by atoms with Crippen molar-refractivity contribution in [3.05, 3.63) is 50.1 Å². The quantitative estimate of drug-likeness (QED) is 0.879. The van der Waals surface area contributed by atoms with Gasteiger partial charge in [-0.05, 0) is 52.8 Å². The molecule has 0 radical (unpaired) electrons. The summed E-state index contributed by atoms with van der Waals surface area (Å²) in [5.74, 6) is 1.03. The largest absolute Gasteiger partial charge is 0.492 e. The molecule has 1 atom stereocenters. The van der Waals surface area contributed by atoms with E-state index in [1.807, 2.05) is 7.05 Å². The lowest BCUT2D eigenvalue weighted by Gasteiger charge is -2.19. The first-order valence-electron chi connectivity index (χ1n) is 6.71. The molecule has 0 fully saturated rings. The van der Waals surface area contributed by atoms with Gasteiger partial charge < -0.3 is 10.1 Å². The van der Waals surface area contributed by atoms with Crippen molar-refractivity contribution in [2.75, 3.05) is 13.7 Å². The zero-order valence-corrected chi connectivity index (χ0v) is 14.3. The number of rotatable bonds is 3. The lowest BCUT2D eigenvalue weighted by Crippen LogP contribution is -2.20. The van der Waals surface area contributed by atoms with Crippen molar-refractivity contribution in [1.29, 1.82) is 0 Å². The lowest BCUT2D eigenvalue weighted by molar-refractivity contribution is 0.291. The monoisotopic (exact) mass is 351 g/mol. The Morgan fingerprint density at radius 3 is 2.75 bits per heavy atom. The summed E-state index contributed by atoms with van der Waals surface area (Å²) in [4.78, 5) is 1.32. The van der Waals surface area contributed by atoms with Gasteiger partial charge in [-0.3, -0.25) is 0 Å². The van der Waals surface area contributed by atoms with Crippen molar-refractivity contribution in [2.45, 2.75) is 25.3 Å². The van der Waals surface area contributed by atoms with E-state index in [2.05, 4.69) is 65.4 Å². The summed E-state index contributed by atoms with van der Waals surface area (Å²) in [6.07, 6.45) is 0. The van der Waals surface area contributed by atoms with Crippen LogP contribution in [0.4, 0.5) is 0 Å². The summed E-state index contributed by atoms with van der Waals surface area (Å²) in [5, 5.41) is 3.42. The highest BCUT2D eigenvalue weighted by atomic mass is 79.9. The van der Waals surface area contributed by atoms with E-state index < -0.39 is 0 Å². The predicted octanol–water partition coefficient (Wildman–Crippen LogP) is 4.49. The Kier molecular flexibility index (Phi) is 3.65. The molecule has 1 unspecified atom stereocenters. The Bertz CT molecular complexity index is 635. The predicted molar refractivity (Wildman–Crippen MR) is 87.9 cm³/mol. The molecule has 2 aromatic rings. The van der Waals surface area contributed by atoms with E-state index in [0.29, 0.717) is 0 Å². The number of halogens is 1.